The molecule has 2 rings (SSSR count). The molecule has 0 aliphatic carbocycles. The van der Waals surface area contributed by atoms with Crippen LogP contribution in [0.15, 0.2) is 18.2 Å². The Labute approximate surface area is 110 Å². The Bertz CT molecular complexity index is 392. The molecule has 3 heteroatoms. The third-order valence-corrected chi connectivity index (χ3v) is 3.83. The fourth-order valence-electron chi connectivity index (χ4n) is 2.56. The molecule has 1 aromatic carbocycles. The van der Waals surface area contributed by atoms with Gasteiger partial charge in [0.1, 0.15) is 0 Å². The summed E-state index contributed by atoms with van der Waals surface area (Å²) in [5.74, 6) is 0. The molecule has 0 amide bonds. The van der Waals surface area contributed by atoms with Gasteiger partial charge in [-0.3, -0.25) is 0 Å². The van der Waals surface area contributed by atoms with Crippen molar-refractivity contribution in [2.45, 2.75) is 38.7 Å². The highest BCUT2D eigenvalue weighted by Gasteiger charge is 2.17. The van der Waals surface area contributed by atoms with Gasteiger partial charge in [-0.25, -0.2) is 0 Å². The zero-order valence-electron chi connectivity index (χ0n) is 11.5. The second kappa shape index (κ2) is 6.10. The molecule has 1 aliphatic rings. The number of benzene rings is 1. The Morgan fingerprint density at radius 2 is 2.11 bits per heavy atom. The van der Waals surface area contributed by atoms with Crippen LogP contribution < -0.4 is 10.6 Å². The fraction of sp³-hybridized carbons (Fsp3) is 0.600. The van der Waals surface area contributed by atoms with Gasteiger partial charge in [-0.2, -0.15) is 0 Å². The Morgan fingerprint density at radius 1 is 1.28 bits per heavy atom. The molecule has 0 bridgehead atoms. The molecule has 0 radical (unpaired) electrons. The average Bonchev–Trinajstić information content (AvgIpc) is 2.33. The van der Waals surface area contributed by atoms with Crippen LogP contribution in [0.2, 0.25) is 0 Å². The third-order valence-electron chi connectivity index (χ3n) is 3.83. The molecule has 3 nitrogen and oxygen atoms in total. The number of methoxy groups -OCH3 is 1. The van der Waals surface area contributed by atoms with Crippen molar-refractivity contribution in [3.05, 3.63) is 23.8 Å². The summed E-state index contributed by atoms with van der Waals surface area (Å²) < 4.78 is 5.57. The number of ether oxygens (including phenoxy) is 1. The summed E-state index contributed by atoms with van der Waals surface area (Å²) in [4.78, 5) is 2.43. The predicted octanol–water partition coefficient (Wildman–Crippen LogP) is 2.97. The van der Waals surface area contributed by atoms with Crippen molar-refractivity contribution in [1.82, 2.24) is 0 Å². The van der Waals surface area contributed by atoms with Gasteiger partial charge < -0.3 is 15.4 Å². The van der Waals surface area contributed by atoms with Crippen LogP contribution in [0, 0.1) is 6.92 Å². The molecular weight excluding hydrogens is 224 g/mol. The molecule has 0 aromatic heterocycles. The molecule has 0 saturated carbocycles. The molecule has 1 unspecified atom stereocenters. The standard InChI is InChI=1S/C15H24N2O/c1-12-10-13(7-8-15(12)16)17-9-5-3-4-6-14(11-17)18-2/h7-8,10,14H,3-6,9,11,16H2,1-2H3. The first-order valence-corrected chi connectivity index (χ1v) is 6.84. The van der Waals surface area contributed by atoms with Gasteiger partial charge in [0.2, 0.25) is 0 Å². The lowest BCUT2D eigenvalue weighted by molar-refractivity contribution is 0.0949. The Kier molecular flexibility index (Phi) is 4.48. The third kappa shape index (κ3) is 3.16. The van der Waals surface area contributed by atoms with Crippen molar-refractivity contribution < 1.29 is 4.74 Å². The van der Waals surface area contributed by atoms with Gasteiger partial charge in [0, 0.05) is 31.6 Å². The van der Waals surface area contributed by atoms with Crippen molar-refractivity contribution in [3.63, 3.8) is 0 Å². The smallest absolute Gasteiger partial charge is 0.0746 e. The van der Waals surface area contributed by atoms with Crippen molar-refractivity contribution in [2.24, 2.45) is 0 Å². The number of anilines is 2. The molecular formula is C15H24N2O. The molecule has 1 heterocycles. The second-order valence-electron chi connectivity index (χ2n) is 5.19. The Morgan fingerprint density at radius 3 is 2.83 bits per heavy atom. The van der Waals surface area contributed by atoms with E-state index in [9.17, 15) is 0 Å². The maximum Gasteiger partial charge on any atom is 0.0746 e. The summed E-state index contributed by atoms with van der Waals surface area (Å²) in [7, 11) is 1.82. The van der Waals surface area contributed by atoms with Crippen LogP contribution in [0.25, 0.3) is 0 Å². The van der Waals surface area contributed by atoms with Gasteiger partial charge in [-0.05, 0) is 43.5 Å². The van der Waals surface area contributed by atoms with Crippen LogP contribution in [-0.4, -0.2) is 26.3 Å². The molecule has 0 spiro atoms. The normalized spacial score (nSPS) is 21.4. The number of nitrogen functional groups attached to an aromatic ring is 1. The first-order valence-electron chi connectivity index (χ1n) is 6.84. The number of rotatable bonds is 2. The summed E-state index contributed by atoms with van der Waals surface area (Å²) in [6.45, 7) is 4.17. The van der Waals surface area contributed by atoms with Crippen LogP contribution in [0.1, 0.15) is 31.2 Å². The molecule has 100 valence electrons. The highest BCUT2D eigenvalue weighted by molar-refractivity contribution is 5.58. The van der Waals surface area contributed by atoms with E-state index in [-0.39, 0.29) is 0 Å². The second-order valence-corrected chi connectivity index (χ2v) is 5.19. The topological polar surface area (TPSA) is 38.5 Å². The number of aryl methyl sites for hydroxylation is 1. The maximum absolute atomic E-state index is 5.88. The number of hydrogen-bond donors (Lipinski definition) is 1. The SMILES string of the molecule is COC1CCCCCN(c2ccc(N)c(C)c2)C1. The Hall–Kier alpha value is -1.22. The zero-order chi connectivity index (χ0) is 13.0. The van der Waals surface area contributed by atoms with Crippen LogP contribution in [0.5, 0.6) is 0 Å². The zero-order valence-corrected chi connectivity index (χ0v) is 11.5. The molecule has 1 aromatic rings. The number of hydrogen-bond acceptors (Lipinski definition) is 3. The van der Waals surface area contributed by atoms with Crippen molar-refractivity contribution in [2.75, 3.05) is 30.8 Å². The molecule has 1 atom stereocenters. The summed E-state index contributed by atoms with van der Waals surface area (Å²) in [5, 5.41) is 0. The lowest BCUT2D eigenvalue weighted by Crippen LogP contribution is -2.35. The van der Waals surface area contributed by atoms with Crippen LogP contribution >= 0.6 is 0 Å². The first kappa shape index (κ1) is 13.2. The van der Waals surface area contributed by atoms with E-state index in [1.54, 1.807) is 0 Å². The van der Waals surface area contributed by atoms with Crippen molar-refractivity contribution in [3.8, 4) is 0 Å². The summed E-state index contributed by atoms with van der Waals surface area (Å²) >= 11 is 0. The first-order chi connectivity index (χ1) is 8.70. The largest absolute Gasteiger partial charge is 0.399 e. The van der Waals surface area contributed by atoms with Gasteiger partial charge in [0.25, 0.3) is 0 Å². The molecule has 1 aliphatic heterocycles. The van der Waals surface area contributed by atoms with E-state index in [0.29, 0.717) is 6.10 Å². The summed E-state index contributed by atoms with van der Waals surface area (Å²) in [6.07, 6.45) is 5.36. The lowest BCUT2D eigenvalue weighted by Gasteiger charge is -2.31. The number of nitrogens with zero attached hydrogens (tertiary/aromatic N) is 1. The van der Waals surface area contributed by atoms with E-state index in [1.807, 2.05) is 13.2 Å². The molecule has 1 saturated heterocycles. The van der Waals surface area contributed by atoms with Crippen LogP contribution in [0.4, 0.5) is 11.4 Å². The minimum Gasteiger partial charge on any atom is -0.399 e. The predicted molar refractivity (Wildman–Crippen MR) is 77.1 cm³/mol. The lowest BCUT2D eigenvalue weighted by atomic mass is 10.0. The van der Waals surface area contributed by atoms with Gasteiger partial charge in [0.15, 0.2) is 0 Å². The average molecular weight is 248 g/mol. The molecule has 2 N–H and O–H groups in total. The number of nitrogens with two attached hydrogens (primary N) is 1. The molecule has 1 fully saturated rings. The fourth-order valence-corrected chi connectivity index (χ4v) is 2.56. The van der Waals surface area contributed by atoms with Crippen LogP contribution in [-0.2, 0) is 4.74 Å². The summed E-state index contributed by atoms with van der Waals surface area (Å²) in [5.41, 5.74) is 9.18. The minimum atomic E-state index is 0.350. The van der Waals surface area contributed by atoms with E-state index < -0.39 is 0 Å². The van der Waals surface area contributed by atoms with E-state index >= 15 is 0 Å². The van der Waals surface area contributed by atoms with Crippen molar-refractivity contribution >= 4 is 11.4 Å². The monoisotopic (exact) mass is 248 g/mol. The highest BCUT2D eigenvalue weighted by Crippen LogP contribution is 2.23. The summed E-state index contributed by atoms with van der Waals surface area (Å²) in [6, 6.07) is 6.31. The van der Waals surface area contributed by atoms with E-state index in [0.717, 1.165) is 24.3 Å². The van der Waals surface area contributed by atoms with Gasteiger partial charge in [-0.15, -0.1) is 0 Å². The minimum absolute atomic E-state index is 0.350. The quantitative estimate of drug-likeness (QED) is 0.818. The van der Waals surface area contributed by atoms with Gasteiger partial charge in [0.05, 0.1) is 6.10 Å². The Balaban J connectivity index is 2.14. The van der Waals surface area contributed by atoms with Gasteiger partial charge >= 0.3 is 0 Å². The van der Waals surface area contributed by atoms with E-state index in [2.05, 4.69) is 24.0 Å². The molecule has 18 heavy (non-hydrogen) atoms. The van der Waals surface area contributed by atoms with Crippen molar-refractivity contribution in [1.29, 1.82) is 0 Å². The van der Waals surface area contributed by atoms with Crippen LogP contribution in [0.3, 0.4) is 0 Å². The highest BCUT2D eigenvalue weighted by atomic mass is 16.5. The van der Waals surface area contributed by atoms with Gasteiger partial charge in [-0.1, -0.05) is 12.8 Å². The maximum atomic E-state index is 5.88. The van der Waals surface area contributed by atoms with E-state index in [1.165, 1.54) is 31.4 Å². The van der Waals surface area contributed by atoms with E-state index in [4.69, 9.17) is 10.5 Å².